The summed E-state index contributed by atoms with van der Waals surface area (Å²) < 4.78 is 1.67. The summed E-state index contributed by atoms with van der Waals surface area (Å²) in [6.45, 7) is 0. The molecule has 0 radical (unpaired) electrons. The fraction of sp³-hybridized carbons (Fsp3) is 0. The molecule has 2 heteroatoms. The van der Waals surface area contributed by atoms with Crippen molar-refractivity contribution >= 4 is 11.0 Å². The molecule has 0 fully saturated rings. The molecular weight excluding hydrogens is 100 g/mol. The average Bonchev–Trinajstić information content (AvgIpc) is 2.29. The zero-order chi connectivity index (χ0) is 5.56. The molecule has 2 bridgehead atoms. The van der Waals surface area contributed by atoms with Crippen molar-refractivity contribution in [3.63, 3.8) is 0 Å². The largest absolute Gasteiger partial charge is 0.339 e. The van der Waals surface area contributed by atoms with Crippen LogP contribution in [0, 0.1) is 0 Å². The van der Waals surface area contributed by atoms with Gasteiger partial charge in [0.2, 0.25) is 0 Å². The molecule has 2 heterocycles. The lowest BCUT2D eigenvalue weighted by atomic mass is 10.4. The molecule has 0 aliphatic heterocycles. The van der Waals surface area contributed by atoms with E-state index < -0.39 is 0 Å². The van der Waals surface area contributed by atoms with Gasteiger partial charge >= 0.3 is 0 Å². The number of benzene rings is 1. The molecule has 0 unspecified atom stereocenters. The fourth-order valence-electron chi connectivity index (χ4n) is 0.923. The third-order valence-corrected chi connectivity index (χ3v) is 1.41. The Hall–Kier alpha value is -1.18. The van der Waals surface area contributed by atoms with Crippen LogP contribution in [-0.2, 0) is 0 Å². The molecule has 8 heavy (non-hydrogen) atoms. The molecule has 0 saturated heterocycles. The number of fused-ring (bicyclic) bond motifs is 2. The monoisotopic (exact) mass is 106 g/mol. The van der Waals surface area contributed by atoms with E-state index in [1.54, 1.807) is 4.68 Å². The van der Waals surface area contributed by atoms with Crippen molar-refractivity contribution < 1.29 is 0 Å². The molecule has 0 atom stereocenters. The summed E-state index contributed by atoms with van der Waals surface area (Å²) in [7, 11) is 0. The molecule has 0 aliphatic carbocycles. The lowest BCUT2D eigenvalue weighted by molar-refractivity contribution is 1.13. The van der Waals surface area contributed by atoms with Crippen molar-refractivity contribution in [1.29, 1.82) is 0 Å². The number of nitrogens with zero attached hydrogens (tertiary/aromatic N) is 1. The van der Waals surface area contributed by atoms with Gasteiger partial charge in [0, 0.05) is 0 Å². The van der Waals surface area contributed by atoms with Crippen LogP contribution in [0.1, 0.15) is 0 Å². The molecule has 0 amide bonds. The standard InChI is InChI=1S/C6H6N2/c7-8-5-1-2-6(8)4-3-5/h1-4H,7H2. The number of rotatable bonds is 0. The number of aromatic nitrogens is 1. The van der Waals surface area contributed by atoms with Crippen LogP contribution in [0.2, 0.25) is 0 Å². The van der Waals surface area contributed by atoms with E-state index in [1.807, 2.05) is 24.3 Å². The quantitative estimate of drug-likeness (QED) is 0.494. The highest BCUT2D eigenvalue weighted by Crippen LogP contribution is 2.11. The Morgan fingerprint density at radius 2 is 1.38 bits per heavy atom. The number of hydrogen-bond acceptors (Lipinski definition) is 1. The average molecular weight is 106 g/mol. The summed E-state index contributed by atoms with van der Waals surface area (Å²) in [6, 6.07) is 7.98. The summed E-state index contributed by atoms with van der Waals surface area (Å²) >= 11 is 0. The van der Waals surface area contributed by atoms with E-state index in [4.69, 9.17) is 5.84 Å². The van der Waals surface area contributed by atoms with Gasteiger partial charge in [-0.05, 0) is 24.3 Å². The fourth-order valence-corrected chi connectivity index (χ4v) is 0.923. The zero-order valence-electron chi connectivity index (χ0n) is 4.33. The lowest BCUT2D eigenvalue weighted by Crippen LogP contribution is -2.03. The van der Waals surface area contributed by atoms with Gasteiger partial charge in [-0.1, -0.05) is 0 Å². The minimum Gasteiger partial charge on any atom is -0.339 e. The van der Waals surface area contributed by atoms with Gasteiger partial charge in [-0.2, -0.15) is 0 Å². The first-order chi connectivity index (χ1) is 3.88. The molecule has 0 aliphatic rings. The van der Waals surface area contributed by atoms with E-state index in [9.17, 15) is 0 Å². The topological polar surface area (TPSA) is 30.9 Å². The Balaban J connectivity index is 3.09. The predicted molar refractivity (Wildman–Crippen MR) is 33.3 cm³/mol. The van der Waals surface area contributed by atoms with Gasteiger partial charge in [0.25, 0.3) is 0 Å². The molecule has 2 aromatic heterocycles. The second-order valence-electron chi connectivity index (χ2n) is 1.89. The van der Waals surface area contributed by atoms with Crippen LogP contribution in [-0.4, -0.2) is 4.68 Å². The van der Waals surface area contributed by atoms with E-state index >= 15 is 0 Å². The van der Waals surface area contributed by atoms with Gasteiger partial charge in [-0.3, -0.25) is 4.68 Å². The molecule has 2 N–H and O–H groups in total. The smallest absolute Gasteiger partial charge is 0.0625 e. The van der Waals surface area contributed by atoms with E-state index in [-0.39, 0.29) is 0 Å². The van der Waals surface area contributed by atoms with Crippen molar-refractivity contribution in [2.24, 2.45) is 0 Å². The summed E-state index contributed by atoms with van der Waals surface area (Å²) in [5.41, 5.74) is 2.17. The van der Waals surface area contributed by atoms with Crippen LogP contribution in [0.5, 0.6) is 0 Å². The minimum atomic E-state index is 1.08. The van der Waals surface area contributed by atoms with Gasteiger partial charge in [-0.15, -0.1) is 0 Å². The molecule has 2 rings (SSSR count). The third kappa shape index (κ3) is 0.249. The van der Waals surface area contributed by atoms with Crippen molar-refractivity contribution in [2.45, 2.75) is 0 Å². The Labute approximate surface area is 46.8 Å². The van der Waals surface area contributed by atoms with Crippen LogP contribution in [0.3, 0.4) is 0 Å². The SMILES string of the molecule is Nn1c2ccc1cc2. The van der Waals surface area contributed by atoms with Crippen LogP contribution in [0.4, 0.5) is 0 Å². The Morgan fingerprint density at radius 1 is 1.00 bits per heavy atom. The Bertz CT molecular complexity index is 236. The van der Waals surface area contributed by atoms with Gasteiger partial charge < -0.3 is 5.84 Å². The molecule has 0 saturated carbocycles. The van der Waals surface area contributed by atoms with Gasteiger partial charge in [0.05, 0.1) is 11.0 Å². The highest BCUT2D eigenvalue weighted by atomic mass is 15.3. The Morgan fingerprint density at radius 3 is 1.50 bits per heavy atom. The normalized spacial score (nSPS) is 11.0. The summed E-state index contributed by atoms with van der Waals surface area (Å²) in [6.07, 6.45) is 0. The second-order valence-corrected chi connectivity index (χ2v) is 1.89. The number of nitrogen functional groups attached to an aromatic ring is 1. The molecule has 0 aromatic carbocycles. The predicted octanol–water partition coefficient (Wildman–Crippen LogP) is 0.793. The molecule has 40 valence electrons. The highest BCUT2D eigenvalue weighted by molar-refractivity contribution is 5.67. The summed E-state index contributed by atoms with van der Waals surface area (Å²) in [5, 5.41) is 0. The maximum atomic E-state index is 5.52. The summed E-state index contributed by atoms with van der Waals surface area (Å²) in [4.78, 5) is 0. The van der Waals surface area contributed by atoms with Crippen molar-refractivity contribution in [3.8, 4) is 0 Å². The van der Waals surface area contributed by atoms with Crippen molar-refractivity contribution in [3.05, 3.63) is 24.3 Å². The molecular formula is C6H6N2. The number of hydrogen-bond donors (Lipinski definition) is 1. The Kier molecular flexibility index (Phi) is 0.457. The maximum absolute atomic E-state index is 5.52. The van der Waals surface area contributed by atoms with E-state index in [0.29, 0.717) is 0 Å². The van der Waals surface area contributed by atoms with Gasteiger partial charge in [0.1, 0.15) is 0 Å². The van der Waals surface area contributed by atoms with E-state index in [1.165, 1.54) is 0 Å². The lowest BCUT2D eigenvalue weighted by Gasteiger charge is -1.86. The first kappa shape index (κ1) is 3.78. The van der Waals surface area contributed by atoms with E-state index in [0.717, 1.165) is 11.0 Å². The van der Waals surface area contributed by atoms with Gasteiger partial charge in [-0.25, -0.2) is 0 Å². The third-order valence-electron chi connectivity index (χ3n) is 1.41. The van der Waals surface area contributed by atoms with Crippen molar-refractivity contribution in [2.75, 3.05) is 5.84 Å². The van der Waals surface area contributed by atoms with Crippen LogP contribution in [0.25, 0.3) is 11.0 Å². The molecule has 2 nitrogen and oxygen atoms in total. The van der Waals surface area contributed by atoms with Crippen molar-refractivity contribution in [1.82, 2.24) is 4.68 Å². The first-order valence-corrected chi connectivity index (χ1v) is 2.53. The van der Waals surface area contributed by atoms with Gasteiger partial charge in [0.15, 0.2) is 0 Å². The zero-order valence-corrected chi connectivity index (χ0v) is 4.33. The van der Waals surface area contributed by atoms with Crippen LogP contribution < -0.4 is 5.84 Å². The first-order valence-electron chi connectivity index (χ1n) is 2.53. The minimum absolute atomic E-state index is 1.08. The molecule has 0 spiro atoms. The van der Waals surface area contributed by atoms with E-state index in [2.05, 4.69) is 0 Å². The van der Waals surface area contributed by atoms with Crippen LogP contribution in [0.15, 0.2) is 24.3 Å². The summed E-state index contributed by atoms with van der Waals surface area (Å²) in [5.74, 6) is 5.52. The second kappa shape index (κ2) is 0.968. The number of nitrogens with two attached hydrogens (primary N) is 1. The maximum Gasteiger partial charge on any atom is 0.0625 e. The highest BCUT2D eigenvalue weighted by Gasteiger charge is 1.96. The molecule has 2 aromatic rings. The van der Waals surface area contributed by atoms with Crippen LogP contribution >= 0.6 is 0 Å².